The van der Waals surface area contributed by atoms with Crippen LogP contribution in [0.25, 0.3) is 0 Å². The smallest absolute Gasteiger partial charge is 0.254 e. The molecule has 0 spiro atoms. The number of rotatable bonds is 6. The molecule has 0 aromatic heterocycles. The van der Waals surface area contributed by atoms with Crippen molar-refractivity contribution >= 4 is 27.5 Å². The summed E-state index contributed by atoms with van der Waals surface area (Å²) < 4.78 is 0.995. The zero-order valence-electron chi connectivity index (χ0n) is 15.6. The molecule has 1 saturated heterocycles. The van der Waals surface area contributed by atoms with Gasteiger partial charge in [0.25, 0.3) is 5.91 Å². The Morgan fingerprint density at radius 3 is 2.44 bits per heavy atom. The van der Waals surface area contributed by atoms with E-state index in [9.17, 15) is 4.79 Å². The molecule has 1 aliphatic rings. The highest BCUT2D eigenvalue weighted by atomic mass is 79.9. The maximum absolute atomic E-state index is 12.2. The first kappa shape index (κ1) is 19.7. The van der Waals surface area contributed by atoms with E-state index in [-0.39, 0.29) is 5.91 Å². The molecule has 5 nitrogen and oxygen atoms in total. The van der Waals surface area contributed by atoms with Crippen LogP contribution in [0.3, 0.4) is 0 Å². The quantitative estimate of drug-likeness (QED) is 0.567. The second-order valence-corrected chi connectivity index (χ2v) is 7.70. The van der Waals surface area contributed by atoms with E-state index in [2.05, 4.69) is 60.5 Å². The molecule has 1 aliphatic heterocycles. The number of nitrogens with one attached hydrogen (secondary N) is 1. The standard InChI is InChI=1S/C21H25BrN4O/c1-17(19-8-5-9-20(22)14-19)23-24-21(27)16-26-12-10-25(11-13-26)15-18-6-3-2-4-7-18/h2-9,14H,10-13,15-16H2,1H3,(H,24,27)/b23-17-. The van der Waals surface area contributed by atoms with Crippen LogP contribution in [0.2, 0.25) is 0 Å². The molecule has 6 heteroatoms. The first-order valence-electron chi connectivity index (χ1n) is 9.18. The maximum Gasteiger partial charge on any atom is 0.254 e. The van der Waals surface area contributed by atoms with Crippen molar-refractivity contribution in [3.63, 3.8) is 0 Å². The summed E-state index contributed by atoms with van der Waals surface area (Å²) in [7, 11) is 0. The van der Waals surface area contributed by atoms with Gasteiger partial charge in [0.1, 0.15) is 0 Å². The van der Waals surface area contributed by atoms with Gasteiger partial charge in [-0.3, -0.25) is 14.6 Å². The zero-order valence-corrected chi connectivity index (χ0v) is 17.2. The molecule has 142 valence electrons. The summed E-state index contributed by atoms with van der Waals surface area (Å²) in [5.74, 6) is -0.0687. The molecular weight excluding hydrogens is 404 g/mol. The predicted octanol–water partition coefficient (Wildman–Crippen LogP) is 3.11. The lowest BCUT2D eigenvalue weighted by atomic mass is 10.1. The second kappa shape index (κ2) is 9.78. The van der Waals surface area contributed by atoms with Gasteiger partial charge in [0.2, 0.25) is 0 Å². The minimum Gasteiger partial charge on any atom is -0.297 e. The number of carbonyl (C=O) groups excluding carboxylic acids is 1. The summed E-state index contributed by atoms with van der Waals surface area (Å²) in [6.07, 6.45) is 0. The summed E-state index contributed by atoms with van der Waals surface area (Å²) in [5.41, 5.74) is 5.79. The Morgan fingerprint density at radius 2 is 1.74 bits per heavy atom. The number of piperazine rings is 1. The van der Waals surface area contributed by atoms with Gasteiger partial charge in [-0.1, -0.05) is 58.4 Å². The van der Waals surface area contributed by atoms with Crippen LogP contribution in [0.15, 0.2) is 64.2 Å². The molecule has 1 N–H and O–H groups in total. The number of hydrogen-bond donors (Lipinski definition) is 1. The topological polar surface area (TPSA) is 47.9 Å². The molecule has 0 saturated carbocycles. The van der Waals surface area contributed by atoms with Crippen molar-refractivity contribution in [2.75, 3.05) is 32.7 Å². The molecule has 0 unspecified atom stereocenters. The van der Waals surface area contributed by atoms with Gasteiger partial charge in [0, 0.05) is 37.2 Å². The number of hydrogen-bond acceptors (Lipinski definition) is 4. The first-order valence-corrected chi connectivity index (χ1v) is 9.97. The second-order valence-electron chi connectivity index (χ2n) is 6.78. The minimum atomic E-state index is -0.0687. The number of benzene rings is 2. The molecule has 2 aromatic carbocycles. The molecule has 0 radical (unpaired) electrons. The summed E-state index contributed by atoms with van der Waals surface area (Å²) >= 11 is 3.45. The third kappa shape index (κ3) is 6.27. The van der Waals surface area contributed by atoms with Crippen molar-refractivity contribution in [3.8, 4) is 0 Å². The van der Waals surface area contributed by atoms with Crippen LogP contribution in [-0.4, -0.2) is 54.1 Å². The van der Waals surface area contributed by atoms with Crippen LogP contribution in [-0.2, 0) is 11.3 Å². The van der Waals surface area contributed by atoms with Gasteiger partial charge in [0.15, 0.2) is 0 Å². The van der Waals surface area contributed by atoms with Gasteiger partial charge in [-0.25, -0.2) is 5.43 Å². The van der Waals surface area contributed by atoms with Gasteiger partial charge < -0.3 is 0 Å². The molecule has 0 atom stereocenters. The van der Waals surface area contributed by atoms with Gasteiger partial charge in [-0.2, -0.15) is 5.10 Å². The summed E-state index contributed by atoms with van der Waals surface area (Å²) in [4.78, 5) is 16.8. The number of amides is 1. The van der Waals surface area contributed by atoms with Crippen molar-refractivity contribution < 1.29 is 4.79 Å². The Hall–Kier alpha value is -2.02. The molecule has 2 aromatic rings. The monoisotopic (exact) mass is 428 g/mol. The van der Waals surface area contributed by atoms with E-state index in [0.717, 1.165) is 48.5 Å². The fourth-order valence-corrected chi connectivity index (χ4v) is 3.51. The normalized spacial score (nSPS) is 16.3. The SMILES string of the molecule is C/C(=N/NC(=O)CN1CCN(Cc2ccccc2)CC1)c1cccc(Br)c1. The van der Waals surface area contributed by atoms with Crippen LogP contribution < -0.4 is 5.43 Å². The number of nitrogens with zero attached hydrogens (tertiary/aromatic N) is 3. The molecule has 0 aliphatic carbocycles. The summed E-state index contributed by atoms with van der Waals surface area (Å²) in [5, 5.41) is 4.23. The number of carbonyl (C=O) groups is 1. The van der Waals surface area contributed by atoms with Crippen molar-refractivity contribution in [2.45, 2.75) is 13.5 Å². The lowest BCUT2D eigenvalue weighted by Crippen LogP contribution is -2.48. The summed E-state index contributed by atoms with van der Waals surface area (Å²) in [6, 6.07) is 18.4. The number of halogens is 1. The molecule has 27 heavy (non-hydrogen) atoms. The lowest BCUT2D eigenvalue weighted by molar-refractivity contribution is -0.122. The lowest BCUT2D eigenvalue weighted by Gasteiger charge is -2.34. The Morgan fingerprint density at radius 1 is 1.04 bits per heavy atom. The average Bonchev–Trinajstić information content (AvgIpc) is 2.68. The van der Waals surface area contributed by atoms with Crippen molar-refractivity contribution in [1.29, 1.82) is 0 Å². The highest BCUT2D eigenvalue weighted by Crippen LogP contribution is 2.12. The van der Waals surface area contributed by atoms with E-state index in [1.165, 1.54) is 5.56 Å². The van der Waals surface area contributed by atoms with Crippen LogP contribution in [0.5, 0.6) is 0 Å². The zero-order chi connectivity index (χ0) is 19.1. The molecular formula is C21H25BrN4O. The minimum absolute atomic E-state index is 0.0687. The van der Waals surface area contributed by atoms with E-state index in [1.54, 1.807) is 0 Å². The Balaban J connectivity index is 1.42. The Bertz CT molecular complexity index is 786. The van der Waals surface area contributed by atoms with E-state index in [4.69, 9.17) is 0 Å². The van der Waals surface area contributed by atoms with Crippen molar-refractivity contribution in [1.82, 2.24) is 15.2 Å². The predicted molar refractivity (Wildman–Crippen MR) is 113 cm³/mol. The average molecular weight is 429 g/mol. The van der Waals surface area contributed by atoms with Gasteiger partial charge in [0.05, 0.1) is 12.3 Å². The fraction of sp³-hybridized carbons (Fsp3) is 0.333. The third-order valence-corrected chi connectivity index (χ3v) is 5.17. The van der Waals surface area contributed by atoms with Crippen molar-refractivity contribution in [3.05, 3.63) is 70.2 Å². The van der Waals surface area contributed by atoms with Crippen LogP contribution >= 0.6 is 15.9 Å². The summed E-state index contributed by atoms with van der Waals surface area (Å²) in [6.45, 7) is 6.99. The van der Waals surface area contributed by atoms with Crippen LogP contribution in [0, 0.1) is 0 Å². The Labute approximate surface area is 169 Å². The molecule has 3 rings (SSSR count). The molecule has 1 heterocycles. The van der Waals surface area contributed by atoms with Gasteiger partial charge in [-0.05, 0) is 30.2 Å². The highest BCUT2D eigenvalue weighted by Gasteiger charge is 2.18. The van der Waals surface area contributed by atoms with Gasteiger partial charge >= 0.3 is 0 Å². The van der Waals surface area contributed by atoms with Crippen LogP contribution in [0.4, 0.5) is 0 Å². The van der Waals surface area contributed by atoms with E-state index >= 15 is 0 Å². The number of hydrazone groups is 1. The first-order chi connectivity index (χ1) is 13.1. The van der Waals surface area contributed by atoms with E-state index < -0.39 is 0 Å². The maximum atomic E-state index is 12.2. The van der Waals surface area contributed by atoms with E-state index in [0.29, 0.717) is 6.54 Å². The largest absolute Gasteiger partial charge is 0.297 e. The Kier molecular flexibility index (Phi) is 7.15. The van der Waals surface area contributed by atoms with E-state index in [1.807, 2.05) is 37.3 Å². The third-order valence-electron chi connectivity index (χ3n) is 4.67. The highest BCUT2D eigenvalue weighted by molar-refractivity contribution is 9.10. The molecule has 0 bridgehead atoms. The fourth-order valence-electron chi connectivity index (χ4n) is 3.11. The molecule has 1 fully saturated rings. The van der Waals surface area contributed by atoms with Crippen LogP contribution in [0.1, 0.15) is 18.1 Å². The molecule has 1 amide bonds. The van der Waals surface area contributed by atoms with Crippen molar-refractivity contribution in [2.24, 2.45) is 5.10 Å². The van der Waals surface area contributed by atoms with Gasteiger partial charge in [-0.15, -0.1) is 0 Å².